The minimum atomic E-state index is 0.00687. The zero-order valence-electron chi connectivity index (χ0n) is 22.3. The molecule has 1 aliphatic heterocycles. The number of hydrogen-bond acceptors (Lipinski definition) is 4. The molecule has 37 heavy (non-hydrogen) atoms. The molecule has 0 radical (unpaired) electrons. The molecule has 1 saturated heterocycles. The van der Waals surface area contributed by atoms with Gasteiger partial charge in [0.2, 0.25) is 0 Å². The normalized spacial score (nSPS) is 35.8. The summed E-state index contributed by atoms with van der Waals surface area (Å²) in [6.45, 7) is 6.50. The minimum absolute atomic E-state index is 0.00687. The van der Waals surface area contributed by atoms with Crippen molar-refractivity contribution < 1.29 is 19.4 Å². The van der Waals surface area contributed by atoms with Gasteiger partial charge in [0.1, 0.15) is 5.75 Å². The molecular formula is C30H43N3O4. The maximum absolute atomic E-state index is 13.3. The first-order valence-electron chi connectivity index (χ1n) is 14.6. The Morgan fingerprint density at radius 3 is 2.68 bits per heavy atom. The number of likely N-dealkylation sites (tertiary alicyclic amines) is 1. The summed E-state index contributed by atoms with van der Waals surface area (Å²) in [5.41, 5.74) is 0.814. The van der Waals surface area contributed by atoms with Crippen LogP contribution in [0, 0.1) is 40.9 Å². The summed E-state index contributed by atoms with van der Waals surface area (Å²) in [5, 5.41) is 16.6. The van der Waals surface area contributed by atoms with Crippen molar-refractivity contribution in [2.75, 3.05) is 26.3 Å². The van der Waals surface area contributed by atoms with Gasteiger partial charge in [-0.05, 0) is 118 Å². The summed E-state index contributed by atoms with van der Waals surface area (Å²) >= 11 is 0. The predicted molar refractivity (Wildman–Crippen MR) is 141 cm³/mol. The molecule has 6 bridgehead atoms. The highest BCUT2D eigenvalue weighted by Gasteiger charge is 2.70. The van der Waals surface area contributed by atoms with Crippen LogP contribution in [0.25, 0.3) is 0 Å². The van der Waals surface area contributed by atoms with Crippen molar-refractivity contribution in [2.45, 2.75) is 70.9 Å². The fourth-order valence-corrected chi connectivity index (χ4v) is 9.14. The van der Waals surface area contributed by atoms with Crippen molar-refractivity contribution in [3.05, 3.63) is 29.8 Å². The Kier molecular flexibility index (Phi) is 6.62. The molecule has 7 rings (SSSR count). The molecule has 0 spiro atoms. The highest BCUT2D eigenvalue weighted by Crippen LogP contribution is 2.73. The standard InChI is InChI=1S/C30H43N3O4/c1-18(2)31-29(36)33-9-6-19(7-10-33)8-11-37-22-5-3-4-21(14-22)28(35)32-27-24-13-20-12-23-25(27)16-30(15-20,17-34)26(23)24/h3-5,14,18-20,23-27,34H,6-13,15-17H2,1-2H3,(H,31,36)(H,32,35). The first-order chi connectivity index (χ1) is 17.9. The van der Waals surface area contributed by atoms with Gasteiger partial charge in [-0.25, -0.2) is 4.79 Å². The molecule has 3 amide bonds. The Bertz CT molecular complexity index is 1020. The molecule has 5 aliphatic carbocycles. The Morgan fingerprint density at radius 2 is 1.92 bits per heavy atom. The number of aliphatic hydroxyl groups excluding tert-OH is 1. The SMILES string of the molecule is CC(C)NC(=O)N1CCC(CCOc2cccc(C(=O)NC3C4CC5(CO)CC6CC4C5C3C6)c2)CC1. The highest BCUT2D eigenvalue weighted by atomic mass is 16.5. The first kappa shape index (κ1) is 25.0. The molecular weight excluding hydrogens is 466 g/mol. The van der Waals surface area contributed by atoms with Gasteiger partial charge in [-0.3, -0.25) is 4.79 Å². The average Bonchev–Trinajstić information content (AvgIpc) is 3.25. The van der Waals surface area contributed by atoms with Crippen LogP contribution in [0.15, 0.2) is 24.3 Å². The van der Waals surface area contributed by atoms with Crippen LogP contribution >= 0.6 is 0 Å². The third-order valence-corrected chi connectivity index (χ3v) is 10.5. The van der Waals surface area contributed by atoms with E-state index in [0.29, 0.717) is 48.4 Å². The fourth-order valence-electron chi connectivity index (χ4n) is 9.14. The Hall–Kier alpha value is -2.28. The van der Waals surface area contributed by atoms with Crippen molar-refractivity contribution in [3.63, 3.8) is 0 Å². The summed E-state index contributed by atoms with van der Waals surface area (Å²) in [5.74, 6) is 4.40. The average molecular weight is 510 g/mol. The molecule has 7 nitrogen and oxygen atoms in total. The number of amides is 3. The van der Waals surface area contributed by atoms with Gasteiger partial charge in [0.25, 0.3) is 5.91 Å². The van der Waals surface area contributed by atoms with Crippen molar-refractivity contribution in [3.8, 4) is 5.75 Å². The van der Waals surface area contributed by atoms with Gasteiger partial charge in [0.15, 0.2) is 0 Å². The first-order valence-corrected chi connectivity index (χ1v) is 14.6. The number of hydrogen-bond donors (Lipinski definition) is 3. The second-order valence-corrected chi connectivity index (χ2v) is 13.0. The number of nitrogens with zero attached hydrogens (tertiary/aromatic N) is 1. The van der Waals surface area contributed by atoms with Gasteiger partial charge in [-0.1, -0.05) is 6.07 Å². The fraction of sp³-hybridized carbons (Fsp3) is 0.733. The molecule has 6 aliphatic rings. The Morgan fingerprint density at radius 1 is 1.14 bits per heavy atom. The van der Waals surface area contributed by atoms with Crippen molar-refractivity contribution >= 4 is 11.9 Å². The van der Waals surface area contributed by atoms with E-state index in [2.05, 4.69) is 10.6 Å². The maximum atomic E-state index is 13.3. The van der Waals surface area contributed by atoms with Gasteiger partial charge < -0.3 is 25.4 Å². The van der Waals surface area contributed by atoms with E-state index in [9.17, 15) is 14.7 Å². The lowest BCUT2D eigenvalue weighted by Crippen LogP contribution is -2.54. The number of ether oxygens (including phenoxy) is 1. The molecule has 202 valence electrons. The Labute approximate surface area is 220 Å². The molecule has 1 aromatic carbocycles. The molecule has 3 N–H and O–H groups in total. The lowest BCUT2D eigenvalue weighted by Gasteiger charge is -2.54. The molecule has 7 atom stereocenters. The monoisotopic (exact) mass is 509 g/mol. The molecule has 6 fully saturated rings. The van der Waals surface area contributed by atoms with E-state index >= 15 is 0 Å². The highest BCUT2D eigenvalue weighted by molar-refractivity contribution is 5.94. The predicted octanol–water partition coefficient (Wildman–Crippen LogP) is 4.06. The van der Waals surface area contributed by atoms with Crippen LogP contribution in [0.4, 0.5) is 4.79 Å². The lowest BCUT2D eigenvalue weighted by molar-refractivity contribution is -0.0721. The van der Waals surface area contributed by atoms with E-state index in [-0.39, 0.29) is 29.4 Å². The number of rotatable bonds is 8. The number of carbonyl (C=O) groups excluding carboxylic acids is 2. The van der Waals surface area contributed by atoms with Crippen LogP contribution in [0.3, 0.4) is 0 Å². The van der Waals surface area contributed by atoms with Crippen molar-refractivity contribution in [1.29, 1.82) is 0 Å². The minimum Gasteiger partial charge on any atom is -0.494 e. The quantitative estimate of drug-likeness (QED) is 0.493. The smallest absolute Gasteiger partial charge is 0.317 e. The maximum Gasteiger partial charge on any atom is 0.317 e. The summed E-state index contributed by atoms with van der Waals surface area (Å²) < 4.78 is 6.06. The summed E-state index contributed by atoms with van der Waals surface area (Å²) in [4.78, 5) is 27.4. The van der Waals surface area contributed by atoms with E-state index in [1.807, 2.05) is 43.0 Å². The number of urea groups is 1. The lowest BCUT2D eigenvalue weighted by atomic mass is 9.52. The summed E-state index contributed by atoms with van der Waals surface area (Å²) in [7, 11) is 0. The van der Waals surface area contributed by atoms with Gasteiger partial charge in [0, 0.05) is 37.3 Å². The van der Waals surface area contributed by atoms with E-state index in [0.717, 1.165) is 50.4 Å². The van der Waals surface area contributed by atoms with Gasteiger partial charge in [-0.2, -0.15) is 0 Å². The topological polar surface area (TPSA) is 90.9 Å². The number of piperidine rings is 1. The molecule has 0 aromatic heterocycles. The molecule has 5 saturated carbocycles. The third-order valence-electron chi connectivity index (χ3n) is 10.5. The van der Waals surface area contributed by atoms with E-state index in [4.69, 9.17) is 4.74 Å². The number of carbonyl (C=O) groups is 2. The zero-order chi connectivity index (χ0) is 25.7. The van der Waals surface area contributed by atoms with Gasteiger partial charge >= 0.3 is 6.03 Å². The Balaban J connectivity index is 0.989. The summed E-state index contributed by atoms with van der Waals surface area (Å²) in [6.07, 6.45) is 7.76. The summed E-state index contributed by atoms with van der Waals surface area (Å²) in [6, 6.07) is 8.05. The van der Waals surface area contributed by atoms with Crippen LogP contribution in [0.1, 0.15) is 69.2 Å². The van der Waals surface area contributed by atoms with Gasteiger partial charge in [0.05, 0.1) is 6.61 Å². The van der Waals surface area contributed by atoms with E-state index < -0.39 is 0 Å². The van der Waals surface area contributed by atoms with Crippen LogP contribution < -0.4 is 15.4 Å². The third kappa shape index (κ3) is 4.51. The largest absolute Gasteiger partial charge is 0.494 e. The molecule has 1 aromatic rings. The van der Waals surface area contributed by atoms with E-state index in [1.54, 1.807) is 0 Å². The van der Waals surface area contributed by atoms with Crippen molar-refractivity contribution in [2.24, 2.45) is 40.9 Å². The second kappa shape index (κ2) is 9.79. The van der Waals surface area contributed by atoms with Crippen LogP contribution in [-0.2, 0) is 0 Å². The zero-order valence-corrected chi connectivity index (χ0v) is 22.3. The number of nitrogens with one attached hydrogen (secondary N) is 2. The van der Waals surface area contributed by atoms with Crippen molar-refractivity contribution in [1.82, 2.24) is 15.5 Å². The van der Waals surface area contributed by atoms with E-state index in [1.165, 1.54) is 19.3 Å². The van der Waals surface area contributed by atoms with Crippen LogP contribution in [0.2, 0.25) is 0 Å². The van der Waals surface area contributed by atoms with Crippen LogP contribution in [0.5, 0.6) is 5.75 Å². The molecule has 7 heteroatoms. The number of aliphatic hydroxyl groups is 1. The number of benzene rings is 1. The van der Waals surface area contributed by atoms with Gasteiger partial charge in [-0.15, -0.1) is 0 Å². The van der Waals surface area contributed by atoms with Crippen LogP contribution in [-0.4, -0.2) is 60.3 Å². The second-order valence-electron chi connectivity index (χ2n) is 13.0. The molecule has 1 heterocycles. The molecule has 7 unspecified atom stereocenters.